The Balaban J connectivity index is 1.12. The van der Waals surface area contributed by atoms with E-state index >= 15 is 4.39 Å². The first-order valence-corrected chi connectivity index (χ1v) is 14.8. The molecule has 0 atom stereocenters. The molecule has 44 heavy (non-hydrogen) atoms. The number of aromatic carboxylic acids is 1. The molecule has 2 aliphatic rings. The van der Waals surface area contributed by atoms with Crippen LogP contribution < -0.4 is 21.1 Å². The third-order valence-corrected chi connectivity index (χ3v) is 8.52. The van der Waals surface area contributed by atoms with Crippen molar-refractivity contribution in [2.24, 2.45) is 7.05 Å². The zero-order valence-electron chi connectivity index (χ0n) is 24.8. The normalized spacial score (nSPS) is 15.1. The van der Waals surface area contributed by atoms with Crippen LogP contribution in [0.2, 0.25) is 0 Å². The monoisotopic (exact) mass is 609 g/mol. The maximum atomic E-state index is 15.2. The molecule has 1 aliphatic heterocycles. The molecule has 5 rings (SSSR count). The summed E-state index contributed by atoms with van der Waals surface area (Å²) >= 11 is 0. The van der Waals surface area contributed by atoms with Crippen LogP contribution in [0, 0.1) is 12.7 Å². The van der Waals surface area contributed by atoms with Gasteiger partial charge >= 0.3 is 5.97 Å². The van der Waals surface area contributed by atoms with Crippen LogP contribution in [0.4, 0.5) is 10.1 Å². The Bertz CT molecular complexity index is 1750. The number of aromatic nitrogens is 2. The lowest BCUT2D eigenvalue weighted by Crippen LogP contribution is -2.49. The highest BCUT2D eigenvalue weighted by Gasteiger charge is 2.29. The maximum absolute atomic E-state index is 15.2. The number of halogens is 1. The molecule has 3 heterocycles. The molecule has 2 aromatic heterocycles. The van der Waals surface area contributed by atoms with Crippen molar-refractivity contribution in [3.63, 3.8) is 0 Å². The number of benzene rings is 1. The molecule has 1 aliphatic carbocycles. The van der Waals surface area contributed by atoms with Crippen molar-refractivity contribution in [1.29, 1.82) is 0 Å². The zero-order valence-corrected chi connectivity index (χ0v) is 24.8. The summed E-state index contributed by atoms with van der Waals surface area (Å²) in [4.78, 5) is 64.8. The standard InChI is InChI=1S/C31H36FN5O7/c1-18-13-26(38)30(42)25(34(18)2)16-33-27(39)5-3-4-6-28(40)36-11-9-35(10-12-36)24-15-23-20(14-22(24)32)29(41)21(31(43)44)17-37(23)19-7-8-19/h13-15,17,19,42H,3-12,16H2,1-2H3,(H,33,39)(H,43,44). The number of nitrogens with zero attached hydrogens (tertiary/aromatic N) is 4. The number of piperazine rings is 1. The Morgan fingerprint density at radius 3 is 2.36 bits per heavy atom. The van der Waals surface area contributed by atoms with E-state index in [1.807, 2.05) is 4.90 Å². The largest absolute Gasteiger partial charge is 0.503 e. The number of nitrogens with one attached hydrogen (secondary N) is 1. The topological polar surface area (TPSA) is 154 Å². The summed E-state index contributed by atoms with van der Waals surface area (Å²) in [6, 6.07) is 4.13. The van der Waals surface area contributed by atoms with Crippen molar-refractivity contribution in [2.45, 2.75) is 58.0 Å². The molecule has 13 heteroatoms. The van der Waals surface area contributed by atoms with Gasteiger partial charge in [0.25, 0.3) is 0 Å². The first-order chi connectivity index (χ1) is 21.0. The van der Waals surface area contributed by atoms with Gasteiger partial charge in [-0.2, -0.15) is 0 Å². The SMILES string of the molecule is Cc1cc(=O)c(O)c(CNC(=O)CCCCC(=O)N2CCN(c3cc4c(cc3F)c(=O)c(C(=O)O)cn4C3CC3)CC2)n1C. The number of hydrogen-bond acceptors (Lipinski definition) is 7. The van der Waals surface area contributed by atoms with Gasteiger partial charge in [-0.25, -0.2) is 9.18 Å². The van der Waals surface area contributed by atoms with Crippen LogP contribution in [0.5, 0.6) is 5.75 Å². The maximum Gasteiger partial charge on any atom is 0.341 e. The van der Waals surface area contributed by atoms with Gasteiger partial charge in [0.2, 0.25) is 22.7 Å². The number of anilines is 1. The number of amides is 2. The van der Waals surface area contributed by atoms with Gasteiger partial charge in [-0.3, -0.25) is 19.2 Å². The Hall–Kier alpha value is -4.68. The Morgan fingerprint density at radius 2 is 1.70 bits per heavy atom. The number of unbranched alkanes of at least 4 members (excludes halogenated alkanes) is 1. The van der Waals surface area contributed by atoms with E-state index in [-0.39, 0.29) is 53.9 Å². The number of hydrogen-bond donors (Lipinski definition) is 3. The molecule has 1 aromatic carbocycles. The van der Waals surface area contributed by atoms with E-state index in [1.54, 1.807) is 34.1 Å². The average Bonchev–Trinajstić information content (AvgIpc) is 3.84. The lowest BCUT2D eigenvalue weighted by molar-refractivity contribution is -0.131. The third kappa shape index (κ3) is 6.31. The van der Waals surface area contributed by atoms with E-state index in [9.17, 15) is 34.2 Å². The highest BCUT2D eigenvalue weighted by atomic mass is 19.1. The number of carboxylic acids is 1. The molecule has 2 amide bonds. The number of aromatic hydroxyl groups is 1. The number of pyridine rings is 2. The van der Waals surface area contributed by atoms with Crippen LogP contribution in [0.25, 0.3) is 10.9 Å². The van der Waals surface area contributed by atoms with Gasteiger partial charge in [-0.05, 0) is 44.7 Å². The molecule has 0 bridgehead atoms. The Kier molecular flexibility index (Phi) is 8.75. The van der Waals surface area contributed by atoms with E-state index in [1.165, 1.54) is 12.3 Å². The van der Waals surface area contributed by atoms with Crippen molar-refractivity contribution in [3.05, 3.63) is 67.6 Å². The molecular weight excluding hydrogens is 573 g/mol. The summed E-state index contributed by atoms with van der Waals surface area (Å²) < 4.78 is 18.6. The number of aryl methyl sites for hydroxylation is 1. The number of carbonyl (C=O) groups excluding carboxylic acids is 2. The summed E-state index contributed by atoms with van der Waals surface area (Å²) in [5, 5.41) is 22.2. The van der Waals surface area contributed by atoms with Crippen LogP contribution in [-0.4, -0.2) is 68.2 Å². The number of carboxylic acid groups (broad SMARTS) is 1. The van der Waals surface area contributed by atoms with E-state index in [0.717, 1.165) is 18.9 Å². The van der Waals surface area contributed by atoms with E-state index < -0.39 is 22.6 Å². The van der Waals surface area contributed by atoms with Gasteiger partial charge in [-0.15, -0.1) is 0 Å². The van der Waals surface area contributed by atoms with Crippen LogP contribution in [0.1, 0.15) is 66.3 Å². The third-order valence-electron chi connectivity index (χ3n) is 8.52. The van der Waals surface area contributed by atoms with Crippen LogP contribution in [-0.2, 0) is 23.2 Å². The average molecular weight is 610 g/mol. The number of carbonyl (C=O) groups is 3. The molecule has 234 valence electrons. The summed E-state index contributed by atoms with van der Waals surface area (Å²) in [5.41, 5.74) is 0.218. The summed E-state index contributed by atoms with van der Waals surface area (Å²) in [6.07, 6.45) is 4.53. The van der Waals surface area contributed by atoms with Crippen LogP contribution in [0.3, 0.4) is 0 Å². The molecule has 12 nitrogen and oxygen atoms in total. The first-order valence-electron chi connectivity index (χ1n) is 14.8. The second-order valence-corrected chi connectivity index (χ2v) is 11.5. The number of fused-ring (bicyclic) bond motifs is 1. The van der Waals surface area contributed by atoms with Gasteiger partial charge < -0.3 is 34.5 Å². The lowest BCUT2D eigenvalue weighted by Gasteiger charge is -2.36. The van der Waals surface area contributed by atoms with Crippen LogP contribution in [0.15, 0.2) is 34.0 Å². The van der Waals surface area contributed by atoms with Crippen LogP contribution >= 0.6 is 0 Å². The smallest absolute Gasteiger partial charge is 0.341 e. The predicted molar refractivity (Wildman–Crippen MR) is 161 cm³/mol. The van der Waals surface area contributed by atoms with E-state index in [0.29, 0.717) is 61.6 Å². The molecule has 3 aromatic rings. The highest BCUT2D eigenvalue weighted by Crippen LogP contribution is 2.38. The molecule has 1 saturated carbocycles. The molecule has 1 saturated heterocycles. The fourth-order valence-corrected chi connectivity index (χ4v) is 5.67. The molecule has 0 radical (unpaired) electrons. The van der Waals surface area contributed by atoms with Gasteiger partial charge in [-0.1, -0.05) is 0 Å². The van der Waals surface area contributed by atoms with Gasteiger partial charge in [0.05, 0.1) is 23.4 Å². The predicted octanol–water partition coefficient (Wildman–Crippen LogP) is 2.41. The van der Waals surface area contributed by atoms with Crippen molar-refractivity contribution in [2.75, 3.05) is 31.1 Å². The summed E-state index contributed by atoms with van der Waals surface area (Å²) in [6.45, 7) is 3.32. The van der Waals surface area contributed by atoms with Crippen molar-refractivity contribution in [1.82, 2.24) is 19.4 Å². The van der Waals surface area contributed by atoms with E-state index in [2.05, 4.69) is 5.32 Å². The minimum absolute atomic E-state index is 0.0150. The molecule has 3 N–H and O–H groups in total. The van der Waals surface area contributed by atoms with Gasteiger partial charge in [0, 0.05) is 75.5 Å². The first kappa shape index (κ1) is 30.8. The van der Waals surface area contributed by atoms with Gasteiger partial charge in [0.15, 0.2) is 5.75 Å². The van der Waals surface area contributed by atoms with E-state index in [4.69, 9.17) is 0 Å². The Labute approximate surface area is 252 Å². The Morgan fingerprint density at radius 1 is 1.02 bits per heavy atom. The van der Waals surface area contributed by atoms with Gasteiger partial charge in [0.1, 0.15) is 11.4 Å². The summed E-state index contributed by atoms with van der Waals surface area (Å²) in [7, 11) is 1.70. The second kappa shape index (κ2) is 12.5. The molecule has 0 spiro atoms. The quantitative estimate of drug-likeness (QED) is 0.296. The number of rotatable bonds is 10. The molecular formula is C31H36FN5O7. The fraction of sp³-hybridized carbons (Fsp3) is 0.452. The fourth-order valence-electron chi connectivity index (χ4n) is 5.67. The molecule has 0 unspecified atom stereocenters. The second-order valence-electron chi connectivity index (χ2n) is 11.5. The lowest BCUT2D eigenvalue weighted by atomic mass is 10.1. The minimum Gasteiger partial charge on any atom is -0.503 e. The highest BCUT2D eigenvalue weighted by molar-refractivity contribution is 5.93. The van der Waals surface area contributed by atoms with Crippen molar-refractivity contribution in [3.8, 4) is 5.75 Å². The zero-order chi connectivity index (χ0) is 31.7. The molecule has 2 fully saturated rings. The minimum atomic E-state index is -1.34. The van der Waals surface area contributed by atoms with Crippen molar-refractivity contribution >= 4 is 34.4 Å². The summed E-state index contributed by atoms with van der Waals surface area (Å²) in [5.74, 6) is -2.64. The van der Waals surface area contributed by atoms with Crippen molar-refractivity contribution < 1.29 is 29.0 Å².